The Balaban J connectivity index is 1.69. The molecule has 0 bridgehead atoms. The third kappa shape index (κ3) is 2.53. The molecule has 4 rings (SSSR count). The van der Waals surface area contributed by atoms with Gasteiger partial charge >= 0.3 is 6.03 Å². The molecule has 7 heteroatoms. The van der Waals surface area contributed by atoms with E-state index >= 15 is 0 Å². The van der Waals surface area contributed by atoms with Gasteiger partial charge in [0.2, 0.25) is 0 Å². The van der Waals surface area contributed by atoms with Gasteiger partial charge in [0.05, 0.1) is 5.69 Å². The van der Waals surface area contributed by atoms with E-state index in [1.807, 2.05) is 30.3 Å². The van der Waals surface area contributed by atoms with Crippen LogP contribution in [0, 0.1) is 0 Å². The molecule has 122 valence electrons. The lowest BCUT2D eigenvalue weighted by Crippen LogP contribution is -2.33. The zero-order valence-corrected chi connectivity index (χ0v) is 15.5. The highest BCUT2D eigenvalue weighted by Crippen LogP contribution is 2.46. The van der Waals surface area contributed by atoms with Crippen LogP contribution < -0.4 is 4.90 Å². The minimum absolute atomic E-state index is 0.167. The van der Waals surface area contributed by atoms with Crippen molar-refractivity contribution in [1.82, 2.24) is 4.90 Å². The SMILES string of the molecule is O=C1C2CSC(c3cccc(Cl)c3)N2C(=O)N1c1ccc(Br)cc1. The Morgan fingerprint density at radius 1 is 1.12 bits per heavy atom. The molecule has 3 amide bonds. The van der Waals surface area contributed by atoms with Crippen molar-refractivity contribution < 1.29 is 9.59 Å². The van der Waals surface area contributed by atoms with Gasteiger partial charge in [-0.05, 0) is 42.0 Å². The molecule has 2 unspecified atom stereocenters. The fourth-order valence-electron chi connectivity index (χ4n) is 3.03. The molecule has 2 aliphatic rings. The number of thioether (sulfide) groups is 1. The number of carbonyl (C=O) groups is 2. The lowest BCUT2D eigenvalue weighted by Gasteiger charge is -2.23. The lowest BCUT2D eigenvalue weighted by atomic mass is 10.2. The molecule has 0 spiro atoms. The maximum Gasteiger partial charge on any atom is 0.333 e. The lowest BCUT2D eigenvalue weighted by molar-refractivity contribution is -0.119. The quantitative estimate of drug-likeness (QED) is 0.658. The molecule has 0 radical (unpaired) electrons. The van der Waals surface area contributed by atoms with Crippen LogP contribution in [-0.2, 0) is 4.79 Å². The predicted molar refractivity (Wildman–Crippen MR) is 99.3 cm³/mol. The second-order valence-electron chi connectivity index (χ2n) is 5.60. The fraction of sp³-hybridized carbons (Fsp3) is 0.176. The Hall–Kier alpha value is -1.50. The van der Waals surface area contributed by atoms with Gasteiger partial charge in [-0.25, -0.2) is 9.69 Å². The minimum atomic E-state index is -0.421. The number of halogens is 2. The highest BCUT2D eigenvalue weighted by Gasteiger charge is 2.53. The third-order valence-electron chi connectivity index (χ3n) is 4.14. The molecule has 0 aromatic heterocycles. The zero-order chi connectivity index (χ0) is 16.8. The second kappa shape index (κ2) is 6.10. The van der Waals surface area contributed by atoms with E-state index in [9.17, 15) is 9.59 Å². The van der Waals surface area contributed by atoms with E-state index in [1.54, 1.807) is 34.9 Å². The number of carbonyl (C=O) groups excluding carboxylic acids is 2. The summed E-state index contributed by atoms with van der Waals surface area (Å²) in [6.45, 7) is 0. The van der Waals surface area contributed by atoms with Gasteiger partial charge in [0.15, 0.2) is 0 Å². The van der Waals surface area contributed by atoms with E-state index in [0.29, 0.717) is 16.5 Å². The number of amides is 3. The Morgan fingerprint density at radius 2 is 1.88 bits per heavy atom. The smallest absolute Gasteiger partial charge is 0.295 e. The van der Waals surface area contributed by atoms with Crippen molar-refractivity contribution in [3.8, 4) is 0 Å². The van der Waals surface area contributed by atoms with Crippen molar-refractivity contribution >= 4 is 56.9 Å². The summed E-state index contributed by atoms with van der Waals surface area (Å²) in [5.74, 6) is 0.425. The first kappa shape index (κ1) is 16.0. The van der Waals surface area contributed by atoms with Crippen LogP contribution in [0.4, 0.5) is 10.5 Å². The molecule has 0 aliphatic carbocycles. The summed E-state index contributed by atoms with van der Waals surface area (Å²) in [5, 5.41) is 0.435. The van der Waals surface area contributed by atoms with Gasteiger partial charge < -0.3 is 0 Å². The maximum absolute atomic E-state index is 12.9. The largest absolute Gasteiger partial charge is 0.333 e. The third-order valence-corrected chi connectivity index (χ3v) is 6.22. The summed E-state index contributed by atoms with van der Waals surface area (Å²) in [5.41, 5.74) is 1.53. The van der Waals surface area contributed by atoms with Crippen LogP contribution in [0.15, 0.2) is 53.0 Å². The number of anilines is 1. The molecule has 2 aromatic rings. The van der Waals surface area contributed by atoms with Gasteiger partial charge in [-0.3, -0.25) is 9.69 Å². The van der Waals surface area contributed by atoms with E-state index in [0.717, 1.165) is 10.0 Å². The molecule has 2 saturated heterocycles. The number of fused-ring (bicyclic) bond motifs is 1. The standard InChI is InChI=1S/C17H12BrClN2O2S/c18-11-4-6-13(7-5-11)20-15(22)14-9-24-16(21(14)17(20)23)10-2-1-3-12(19)8-10/h1-8,14,16H,9H2. The van der Waals surface area contributed by atoms with Gasteiger partial charge in [0.1, 0.15) is 11.4 Å². The summed E-state index contributed by atoms with van der Waals surface area (Å²) in [4.78, 5) is 28.6. The van der Waals surface area contributed by atoms with Crippen LogP contribution in [0.1, 0.15) is 10.9 Å². The average molecular weight is 424 g/mol. The van der Waals surface area contributed by atoms with Crippen LogP contribution >= 0.6 is 39.3 Å². The Bertz CT molecular complexity index is 830. The normalized spacial score (nSPS) is 23.1. The van der Waals surface area contributed by atoms with Gasteiger partial charge in [-0.2, -0.15) is 0 Å². The molecule has 2 aromatic carbocycles. The van der Waals surface area contributed by atoms with Crippen molar-refractivity contribution in [2.45, 2.75) is 11.4 Å². The van der Waals surface area contributed by atoms with Crippen molar-refractivity contribution in [3.05, 3.63) is 63.6 Å². The molecule has 2 fully saturated rings. The van der Waals surface area contributed by atoms with E-state index in [2.05, 4.69) is 15.9 Å². The monoisotopic (exact) mass is 422 g/mol. The van der Waals surface area contributed by atoms with Crippen LogP contribution in [-0.4, -0.2) is 28.6 Å². The van der Waals surface area contributed by atoms with E-state index in [1.165, 1.54) is 4.90 Å². The van der Waals surface area contributed by atoms with Gasteiger partial charge in [0.25, 0.3) is 5.91 Å². The first-order chi connectivity index (χ1) is 11.6. The summed E-state index contributed by atoms with van der Waals surface area (Å²) in [6.07, 6.45) is 0. The average Bonchev–Trinajstić information content (AvgIpc) is 3.10. The molecule has 2 atom stereocenters. The van der Waals surface area contributed by atoms with Gasteiger partial charge in [-0.1, -0.05) is 39.7 Å². The molecular weight excluding hydrogens is 412 g/mol. The number of rotatable bonds is 2. The molecule has 2 aliphatic heterocycles. The van der Waals surface area contributed by atoms with Crippen LogP contribution in [0.25, 0.3) is 0 Å². The van der Waals surface area contributed by atoms with Gasteiger partial charge in [-0.15, -0.1) is 11.8 Å². The number of benzene rings is 2. The van der Waals surface area contributed by atoms with Crippen LogP contribution in [0.3, 0.4) is 0 Å². The summed E-state index contributed by atoms with van der Waals surface area (Å²) < 4.78 is 0.901. The first-order valence-corrected chi connectivity index (χ1v) is 9.57. The molecule has 2 heterocycles. The van der Waals surface area contributed by atoms with Crippen LogP contribution in [0.2, 0.25) is 5.02 Å². The fourth-order valence-corrected chi connectivity index (χ4v) is 4.90. The topological polar surface area (TPSA) is 40.6 Å². The number of imide groups is 1. The molecule has 0 saturated carbocycles. The summed E-state index contributed by atoms with van der Waals surface area (Å²) >= 11 is 11.0. The molecule has 0 N–H and O–H groups in total. The first-order valence-electron chi connectivity index (χ1n) is 7.35. The highest BCUT2D eigenvalue weighted by molar-refractivity contribution is 9.10. The molecular formula is C17H12BrClN2O2S. The highest BCUT2D eigenvalue weighted by atomic mass is 79.9. The number of urea groups is 1. The Kier molecular flexibility index (Phi) is 4.06. The summed E-state index contributed by atoms with van der Waals surface area (Å²) in [6, 6.07) is 13.9. The second-order valence-corrected chi connectivity index (χ2v) is 8.06. The van der Waals surface area contributed by atoms with E-state index < -0.39 is 6.04 Å². The number of hydrogen-bond acceptors (Lipinski definition) is 3. The molecule has 4 nitrogen and oxygen atoms in total. The van der Waals surface area contributed by atoms with Crippen LogP contribution in [0.5, 0.6) is 0 Å². The van der Waals surface area contributed by atoms with Crippen molar-refractivity contribution in [2.75, 3.05) is 10.7 Å². The van der Waals surface area contributed by atoms with Crippen molar-refractivity contribution in [2.24, 2.45) is 0 Å². The summed E-state index contributed by atoms with van der Waals surface area (Å²) in [7, 11) is 0. The van der Waals surface area contributed by atoms with E-state index in [4.69, 9.17) is 11.6 Å². The maximum atomic E-state index is 12.9. The van der Waals surface area contributed by atoms with Crippen molar-refractivity contribution in [3.63, 3.8) is 0 Å². The minimum Gasteiger partial charge on any atom is -0.295 e. The predicted octanol–water partition coefficient (Wildman–Crippen LogP) is 4.69. The Labute approximate surface area is 156 Å². The van der Waals surface area contributed by atoms with Crippen molar-refractivity contribution in [1.29, 1.82) is 0 Å². The van der Waals surface area contributed by atoms with Gasteiger partial charge in [0, 0.05) is 15.2 Å². The number of hydrogen-bond donors (Lipinski definition) is 0. The Morgan fingerprint density at radius 3 is 2.58 bits per heavy atom. The zero-order valence-electron chi connectivity index (χ0n) is 12.4. The molecule has 24 heavy (non-hydrogen) atoms. The van der Waals surface area contributed by atoms with E-state index in [-0.39, 0.29) is 17.3 Å². The number of nitrogens with zero attached hydrogens (tertiary/aromatic N) is 2.